The number of carbonyl (C=O) groups is 2. The summed E-state index contributed by atoms with van der Waals surface area (Å²) >= 11 is 0. The molecule has 1 aromatic heterocycles. The van der Waals surface area contributed by atoms with Gasteiger partial charge in [-0.1, -0.05) is 0 Å². The molecule has 1 amide bonds. The van der Waals surface area contributed by atoms with Crippen LogP contribution >= 0.6 is 0 Å². The number of rotatable bonds is 3. The molecule has 2 rings (SSSR count). The van der Waals surface area contributed by atoms with Crippen molar-refractivity contribution in [3.63, 3.8) is 0 Å². The number of carboxylic acids is 1. The highest BCUT2D eigenvalue weighted by molar-refractivity contribution is 5.84. The summed E-state index contributed by atoms with van der Waals surface area (Å²) in [6.07, 6.45) is 2.72. The van der Waals surface area contributed by atoms with Gasteiger partial charge in [0.15, 0.2) is 0 Å². The summed E-state index contributed by atoms with van der Waals surface area (Å²) in [7, 11) is 0. The van der Waals surface area contributed by atoms with Gasteiger partial charge in [0.05, 0.1) is 0 Å². The average molecular weight is 264 g/mol. The molecule has 1 N–H and O–H groups in total. The second kappa shape index (κ2) is 5.26. The van der Waals surface area contributed by atoms with Gasteiger partial charge in [-0.25, -0.2) is 4.79 Å². The molecule has 0 radical (unpaired) electrons. The van der Waals surface area contributed by atoms with Crippen molar-refractivity contribution in [1.82, 2.24) is 9.47 Å². The van der Waals surface area contributed by atoms with Crippen LogP contribution in [0.3, 0.4) is 0 Å². The van der Waals surface area contributed by atoms with E-state index in [0.29, 0.717) is 19.4 Å². The molecule has 102 valence electrons. The molecule has 0 unspecified atom stereocenters. The topological polar surface area (TPSA) is 79.6 Å². The molecule has 0 spiro atoms. The number of aryl methyl sites for hydroxylation is 1. The lowest BCUT2D eigenvalue weighted by Gasteiger charge is -2.21. The smallest absolute Gasteiger partial charge is 0.326 e. The first kappa shape index (κ1) is 13.3. The Kier molecular flexibility index (Phi) is 3.69. The van der Waals surface area contributed by atoms with Gasteiger partial charge < -0.3 is 14.6 Å². The predicted octanol–water partition coefficient (Wildman–Crippen LogP) is 0.232. The zero-order valence-corrected chi connectivity index (χ0v) is 10.7. The second-order valence-electron chi connectivity index (χ2n) is 4.75. The number of aliphatic carboxylic acids is 1. The second-order valence-corrected chi connectivity index (χ2v) is 4.75. The minimum absolute atomic E-state index is 0.108. The maximum Gasteiger partial charge on any atom is 0.326 e. The third kappa shape index (κ3) is 2.83. The van der Waals surface area contributed by atoms with Gasteiger partial charge in [0.25, 0.3) is 5.56 Å². The van der Waals surface area contributed by atoms with E-state index in [1.807, 2.05) is 0 Å². The van der Waals surface area contributed by atoms with Gasteiger partial charge in [0, 0.05) is 18.8 Å². The van der Waals surface area contributed by atoms with Crippen molar-refractivity contribution in [2.24, 2.45) is 0 Å². The van der Waals surface area contributed by atoms with Gasteiger partial charge in [0.1, 0.15) is 12.6 Å². The number of carbonyl (C=O) groups excluding carboxylic acids is 1. The summed E-state index contributed by atoms with van der Waals surface area (Å²) in [5.74, 6) is -1.31. The molecule has 0 aromatic carbocycles. The Bertz CT molecular complexity index is 564. The van der Waals surface area contributed by atoms with Gasteiger partial charge in [0.2, 0.25) is 5.91 Å². The maximum absolute atomic E-state index is 12.1. The maximum atomic E-state index is 12.1. The SMILES string of the molecule is Cc1ccn(CC(=O)N2CCC[C@@H]2C(=O)O)c(=O)c1. The minimum atomic E-state index is -0.984. The van der Waals surface area contributed by atoms with Crippen molar-refractivity contribution in [1.29, 1.82) is 0 Å². The quantitative estimate of drug-likeness (QED) is 0.847. The minimum Gasteiger partial charge on any atom is -0.480 e. The highest BCUT2D eigenvalue weighted by Crippen LogP contribution is 2.17. The molecule has 1 aliphatic heterocycles. The molecule has 1 fully saturated rings. The molecule has 1 aromatic rings. The molecule has 0 saturated carbocycles. The van der Waals surface area contributed by atoms with E-state index in [4.69, 9.17) is 5.11 Å². The molecular formula is C13H16N2O4. The van der Waals surface area contributed by atoms with E-state index < -0.39 is 12.0 Å². The van der Waals surface area contributed by atoms with Crippen LogP contribution in [-0.4, -0.2) is 39.0 Å². The highest BCUT2D eigenvalue weighted by Gasteiger charge is 2.33. The number of hydrogen-bond acceptors (Lipinski definition) is 3. The molecule has 6 nitrogen and oxygen atoms in total. The van der Waals surface area contributed by atoms with Crippen molar-refractivity contribution in [3.8, 4) is 0 Å². The number of likely N-dealkylation sites (tertiary alicyclic amines) is 1. The van der Waals surface area contributed by atoms with E-state index in [2.05, 4.69) is 0 Å². The Balaban J connectivity index is 2.13. The molecule has 2 heterocycles. The van der Waals surface area contributed by atoms with E-state index >= 15 is 0 Å². The van der Waals surface area contributed by atoms with Crippen LogP contribution in [0.1, 0.15) is 18.4 Å². The summed E-state index contributed by atoms with van der Waals surface area (Å²) in [5, 5.41) is 9.03. The molecule has 0 aliphatic carbocycles. The van der Waals surface area contributed by atoms with Crippen molar-refractivity contribution in [3.05, 3.63) is 34.2 Å². The molecule has 1 saturated heterocycles. The lowest BCUT2D eigenvalue weighted by atomic mass is 10.2. The van der Waals surface area contributed by atoms with Crippen LogP contribution in [-0.2, 0) is 16.1 Å². The van der Waals surface area contributed by atoms with Crippen LogP contribution in [0.4, 0.5) is 0 Å². The van der Waals surface area contributed by atoms with Crippen LogP contribution in [0.5, 0.6) is 0 Å². The fraction of sp³-hybridized carbons (Fsp3) is 0.462. The number of carboxylic acid groups (broad SMARTS) is 1. The van der Waals surface area contributed by atoms with E-state index in [-0.39, 0.29) is 18.0 Å². The Morgan fingerprint density at radius 1 is 1.47 bits per heavy atom. The van der Waals surface area contributed by atoms with Crippen LogP contribution in [0, 0.1) is 6.92 Å². The first-order valence-electron chi connectivity index (χ1n) is 6.18. The number of hydrogen-bond donors (Lipinski definition) is 1. The van der Waals surface area contributed by atoms with E-state index in [1.54, 1.807) is 19.2 Å². The van der Waals surface area contributed by atoms with Gasteiger partial charge in [-0.05, 0) is 31.4 Å². The summed E-state index contributed by atoms with van der Waals surface area (Å²) in [6, 6.07) is 2.44. The number of pyridine rings is 1. The third-order valence-corrected chi connectivity index (χ3v) is 3.32. The number of aromatic nitrogens is 1. The zero-order chi connectivity index (χ0) is 14.0. The van der Waals surface area contributed by atoms with Crippen LogP contribution in [0.2, 0.25) is 0 Å². The van der Waals surface area contributed by atoms with E-state index in [0.717, 1.165) is 5.56 Å². The van der Waals surface area contributed by atoms with Crippen LogP contribution in [0.25, 0.3) is 0 Å². The largest absolute Gasteiger partial charge is 0.480 e. The average Bonchev–Trinajstić information content (AvgIpc) is 2.82. The Hall–Kier alpha value is -2.11. The fourth-order valence-corrected chi connectivity index (χ4v) is 2.30. The van der Waals surface area contributed by atoms with Crippen LogP contribution < -0.4 is 5.56 Å². The van der Waals surface area contributed by atoms with Crippen molar-refractivity contribution in [2.75, 3.05) is 6.54 Å². The normalized spacial score (nSPS) is 18.6. The lowest BCUT2D eigenvalue weighted by molar-refractivity contribution is -0.148. The fourth-order valence-electron chi connectivity index (χ4n) is 2.30. The zero-order valence-electron chi connectivity index (χ0n) is 10.7. The standard InChI is InChI=1S/C13H16N2O4/c1-9-4-6-14(11(16)7-9)8-12(17)15-5-2-3-10(15)13(18)19/h4,6-7,10H,2-3,5,8H2,1H3,(H,18,19)/t10-/m1/s1. The number of amides is 1. The molecule has 0 bridgehead atoms. The van der Waals surface area contributed by atoms with Crippen molar-refractivity contribution >= 4 is 11.9 Å². The number of nitrogens with zero attached hydrogens (tertiary/aromatic N) is 2. The molecule has 19 heavy (non-hydrogen) atoms. The monoisotopic (exact) mass is 264 g/mol. The summed E-state index contributed by atoms with van der Waals surface area (Å²) < 4.78 is 1.30. The van der Waals surface area contributed by atoms with Crippen molar-refractivity contribution in [2.45, 2.75) is 32.4 Å². The first-order chi connectivity index (χ1) is 8.99. The van der Waals surface area contributed by atoms with Gasteiger partial charge >= 0.3 is 5.97 Å². The molecule has 1 aliphatic rings. The first-order valence-corrected chi connectivity index (χ1v) is 6.18. The van der Waals surface area contributed by atoms with E-state index in [9.17, 15) is 14.4 Å². The van der Waals surface area contributed by atoms with Crippen molar-refractivity contribution < 1.29 is 14.7 Å². The van der Waals surface area contributed by atoms with E-state index in [1.165, 1.54) is 15.5 Å². The third-order valence-electron chi connectivity index (χ3n) is 3.32. The molecular weight excluding hydrogens is 248 g/mol. The van der Waals surface area contributed by atoms with Gasteiger partial charge in [-0.2, -0.15) is 0 Å². The summed E-state index contributed by atoms with van der Waals surface area (Å²) in [6.45, 7) is 2.13. The Morgan fingerprint density at radius 3 is 2.84 bits per heavy atom. The molecule has 6 heteroatoms. The predicted molar refractivity (Wildman–Crippen MR) is 67.8 cm³/mol. The van der Waals surface area contributed by atoms with Crippen LogP contribution in [0.15, 0.2) is 23.1 Å². The Labute approximate surface area is 110 Å². The van der Waals surface area contributed by atoms with Gasteiger partial charge in [-0.15, -0.1) is 0 Å². The lowest BCUT2D eigenvalue weighted by Crippen LogP contribution is -2.43. The summed E-state index contributed by atoms with van der Waals surface area (Å²) in [4.78, 5) is 36.1. The summed E-state index contributed by atoms with van der Waals surface area (Å²) in [5.41, 5.74) is 0.581. The highest BCUT2D eigenvalue weighted by atomic mass is 16.4. The van der Waals surface area contributed by atoms with Gasteiger partial charge in [-0.3, -0.25) is 9.59 Å². The molecule has 1 atom stereocenters. The Morgan fingerprint density at radius 2 is 2.21 bits per heavy atom.